The second kappa shape index (κ2) is 7.96. The number of carbonyl (C=O) groups excluding carboxylic acids is 1. The number of fused-ring (bicyclic) bond motifs is 1. The Kier molecular flexibility index (Phi) is 5.09. The zero-order valence-corrected chi connectivity index (χ0v) is 18.8. The van der Waals surface area contributed by atoms with Crippen LogP contribution in [0.3, 0.4) is 0 Å². The monoisotopic (exact) mass is 463 g/mol. The molecule has 10 heteroatoms. The van der Waals surface area contributed by atoms with Gasteiger partial charge in [-0.05, 0) is 56.2 Å². The van der Waals surface area contributed by atoms with Gasteiger partial charge in [-0.15, -0.1) is 0 Å². The number of anilines is 1. The van der Waals surface area contributed by atoms with E-state index in [0.717, 1.165) is 11.1 Å². The van der Waals surface area contributed by atoms with E-state index in [-0.39, 0.29) is 16.1 Å². The van der Waals surface area contributed by atoms with Gasteiger partial charge < -0.3 is 10.1 Å². The number of aromatic nitrogens is 4. The maximum Gasteiger partial charge on any atom is 0.257 e. The molecular formula is C23H21N5O4S. The maximum atomic E-state index is 12.8. The predicted octanol–water partition coefficient (Wildman–Crippen LogP) is 3.65. The number of rotatable bonds is 6. The molecule has 2 heterocycles. The SMILES string of the molecule is Cc1cnc(NC(=O)c2cc(Oc3ccc(S(=O)(=O)C4CC4)cc3)c3cn(C)nc3c2)cn1. The van der Waals surface area contributed by atoms with E-state index < -0.39 is 9.84 Å². The zero-order chi connectivity index (χ0) is 23.2. The van der Waals surface area contributed by atoms with Gasteiger partial charge >= 0.3 is 0 Å². The predicted molar refractivity (Wildman–Crippen MR) is 122 cm³/mol. The van der Waals surface area contributed by atoms with Crippen LogP contribution in [0.4, 0.5) is 5.82 Å². The second-order valence-corrected chi connectivity index (χ2v) is 10.3. The molecule has 1 aliphatic carbocycles. The van der Waals surface area contributed by atoms with Crippen LogP contribution in [0.1, 0.15) is 28.9 Å². The number of nitrogens with one attached hydrogen (secondary N) is 1. The van der Waals surface area contributed by atoms with Crippen molar-refractivity contribution >= 4 is 32.5 Å². The van der Waals surface area contributed by atoms with Gasteiger partial charge in [-0.3, -0.25) is 14.5 Å². The van der Waals surface area contributed by atoms with Gasteiger partial charge in [-0.1, -0.05) is 0 Å². The lowest BCUT2D eigenvalue weighted by Crippen LogP contribution is -2.13. The number of amides is 1. The van der Waals surface area contributed by atoms with Crippen LogP contribution in [-0.2, 0) is 16.9 Å². The summed E-state index contributed by atoms with van der Waals surface area (Å²) < 4.78 is 32.5. The number of hydrogen-bond donors (Lipinski definition) is 1. The molecule has 0 unspecified atom stereocenters. The van der Waals surface area contributed by atoms with Gasteiger partial charge in [-0.2, -0.15) is 5.10 Å². The Morgan fingerprint density at radius 1 is 1.12 bits per heavy atom. The van der Waals surface area contributed by atoms with Crippen molar-refractivity contribution < 1.29 is 17.9 Å². The van der Waals surface area contributed by atoms with Crippen molar-refractivity contribution in [3.63, 3.8) is 0 Å². The Morgan fingerprint density at radius 3 is 2.55 bits per heavy atom. The van der Waals surface area contributed by atoms with Gasteiger partial charge in [-0.25, -0.2) is 13.4 Å². The quantitative estimate of drug-likeness (QED) is 0.464. The van der Waals surface area contributed by atoms with Crippen LogP contribution in [0.15, 0.2) is 59.9 Å². The first-order valence-electron chi connectivity index (χ1n) is 10.4. The van der Waals surface area contributed by atoms with Gasteiger partial charge in [0.25, 0.3) is 5.91 Å². The lowest BCUT2D eigenvalue weighted by Gasteiger charge is -2.10. The molecule has 168 valence electrons. The molecule has 0 bridgehead atoms. The number of carbonyl (C=O) groups is 1. The summed E-state index contributed by atoms with van der Waals surface area (Å²) in [7, 11) is -1.49. The van der Waals surface area contributed by atoms with Gasteiger partial charge in [0.15, 0.2) is 15.7 Å². The highest BCUT2D eigenvalue weighted by atomic mass is 32.2. The smallest absolute Gasteiger partial charge is 0.257 e. The molecule has 2 aromatic heterocycles. The molecule has 33 heavy (non-hydrogen) atoms. The fourth-order valence-corrected chi connectivity index (χ4v) is 5.12. The lowest BCUT2D eigenvalue weighted by molar-refractivity contribution is 0.102. The highest BCUT2D eigenvalue weighted by Crippen LogP contribution is 2.35. The molecule has 5 rings (SSSR count). The number of ether oxygens (including phenoxy) is 1. The Labute approximate surface area is 190 Å². The van der Waals surface area contributed by atoms with Crippen LogP contribution in [-0.4, -0.2) is 39.3 Å². The third-order valence-electron chi connectivity index (χ3n) is 5.33. The van der Waals surface area contributed by atoms with Crippen molar-refractivity contribution in [1.29, 1.82) is 0 Å². The summed E-state index contributed by atoms with van der Waals surface area (Å²) in [4.78, 5) is 21.4. The minimum absolute atomic E-state index is 0.271. The third kappa shape index (κ3) is 4.29. The molecule has 0 spiro atoms. The average Bonchev–Trinajstić information content (AvgIpc) is 3.58. The van der Waals surface area contributed by atoms with E-state index >= 15 is 0 Å². The van der Waals surface area contributed by atoms with E-state index in [1.807, 2.05) is 6.92 Å². The summed E-state index contributed by atoms with van der Waals surface area (Å²) in [6.07, 6.45) is 6.27. The van der Waals surface area contributed by atoms with Crippen molar-refractivity contribution in [3.05, 3.63) is 66.2 Å². The summed E-state index contributed by atoms with van der Waals surface area (Å²) in [5, 5.41) is 7.57. The Hall–Kier alpha value is -3.79. The largest absolute Gasteiger partial charge is 0.457 e. The molecule has 2 aromatic carbocycles. The summed E-state index contributed by atoms with van der Waals surface area (Å²) >= 11 is 0. The molecule has 0 atom stereocenters. The summed E-state index contributed by atoms with van der Waals surface area (Å²) in [6.45, 7) is 1.81. The van der Waals surface area contributed by atoms with Crippen LogP contribution in [0.5, 0.6) is 11.5 Å². The molecule has 0 radical (unpaired) electrons. The molecule has 1 saturated carbocycles. The summed E-state index contributed by atoms with van der Waals surface area (Å²) in [5.74, 6) is 0.841. The van der Waals surface area contributed by atoms with Crippen molar-refractivity contribution in [1.82, 2.24) is 19.7 Å². The number of benzene rings is 2. The van der Waals surface area contributed by atoms with E-state index in [2.05, 4.69) is 20.4 Å². The van der Waals surface area contributed by atoms with E-state index in [9.17, 15) is 13.2 Å². The van der Waals surface area contributed by atoms with Crippen molar-refractivity contribution in [2.24, 2.45) is 7.05 Å². The highest BCUT2D eigenvalue weighted by molar-refractivity contribution is 7.92. The fraction of sp³-hybridized carbons (Fsp3) is 0.217. The van der Waals surface area contributed by atoms with Crippen LogP contribution in [0.25, 0.3) is 10.9 Å². The van der Waals surface area contributed by atoms with Crippen molar-refractivity contribution in [3.8, 4) is 11.5 Å². The molecular weight excluding hydrogens is 442 g/mol. The van der Waals surface area contributed by atoms with Gasteiger partial charge in [0.05, 0.1) is 39.1 Å². The minimum atomic E-state index is -3.27. The van der Waals surface area contributed by atoms with Crippen LogP contribution in [0.2, 0.25) is 0 Å². The normalized spacial score (nSPS) is 13.8. The molecule has 0 saturated heterocycles. The van der Waals surface area contributed by atoms with E-state index in [1.54, 1.807) is 60.5 Å². The molecule has 9 nitrogen and oxygen atoms in total. The molecule has 4 aromatic rings. The number of hydrogen-bond acceptors (Lipinski definition) is 7. The third-order valence-corrected chi connectivity index (χ3v) is 7.61. The van der Waals surface area contributed by atoms with Crippen LogP contribution < -0.4 is 10.1 Å². The maximum absolute atomic E-state index is 12.8. The molecule has 1 amide bonds. The summed E-state index contributed by atoms with van der Waals surface area (Å²) in [5.41, 5.74) is 1.67. The van der Waals surface area contributed by atoms with Crippen molar-refractivity contribution in [2.45, 2.75) is 29.9 Å². The minimum Gasteiger partial charge on any atom is -0.457 e. The number of nitrogens with zero attached hydrogens (tertiary/aromatic N) is 4. The first-order valence-corrected chi connectivity index (χ1v) is 11.9. The second-order valence-electron chi connectivity index (χ2n) is 8.02. The Morgan fingerprint density at radius 2 is 1.88 bits per heavy atom. The number of sulfone groups is 1. The first-order chi connectivity index (χ1) is 15.8. The lowest BCUT2D eigenvalue weighted by atomic mass is 10.1. The topological polar surface area (TPSA) is 116 Å². The summed E-state index contributed by atoms with van der Waals surface area (Å²) in [6, 6.07) is 9.63. The average molecular weight is 464 g/mol. The van der Waals surface area contributed by atoms with Gasteiger partial charge in [0.2, 0.25) is 0 Å². The molecule has 0 aliphatic heterocycles. The Bertz CT molecular complexity index is 1460. The first kappa shape index (κ1) is 21.1. The number of aryl methyl sites for hydroxylation is 2. The Balaban J connectivity index is 1.44. The van der Waals surface area contributed by atoms with E-state index in [1.165, 1.54) is 6.20 Å². The van der Waals surface area contributed by atoms with Crippen LogP contribution in [0, 0.1) is 6.92 Å². The van der Waals surface area contributed by atoms with Crippen molar-refractivity contribution in [2.75, 3.05) is 5.32 Å². The van der Waals surface area contributed by atoms with Gasteiger partial charge in [0.1, 0.15) is 11.5 Å². The zero-order valence-electron chi connectivity index (χ0n) is 18.0. The highest BCUT2D eigenvalue weighted by Gasteiger charge is 2.36. The molecule has 1 fully saturated rings. The van der Waals surface area contributed by atoms with Gasteiger partial charge in [0, 0.05) is 18.8 Å². The van der Waals surface area contributed by atoms with E-state index in [4.69, 9.17) is 4.74 Å². The fourth-order valence-electron chi connectivity index (χ4n) is 3.47. The standard InChI is InChI=1S/C23H21N5O4S/c1-14-11-25-22(12-24-14)26-23(29)15-9-20-19(13-28(2)27-20)21(10-15)32-16-3-5-17(6-4-16)33(30,31)18-7-8-18/h3-6,9-13,18H,7-8H2,1-2H3,(H,25,26,29). The molecule has 1 aliphatic rings. The van der Waals surface area contributed by atoms with E-state index in [0.29, 0.717) is 41.2 Å². The molecule has 1 N–H and O–H groups in total. The van der Waals surface area contributed by atoms with Crippen LogP contribution >= 0.6 is 0 Å².